The molecule has 0 radical (unpaired) electrons. The summed E-state index contributed by atoms with van der Waals surface area (Å²) in [4.78, 5) is 14.7. The molecule has 3 aromatic carbocycles. The number of methoxy groups -OCH3 is 1. The van der Waals surface area contributed by atoms with Crippen LogP contribution in [0.4, 0.5) is 15.8 Å². The molecule has 34 heavy (non-hydrogen) atoms. The highest BCUT2D eigenvalue weighted by Crippen LogP contribution is 2.30. The van der Waals surface area contributed by atoms with Gasteiger partial charge in [0, 0.05) is 42.5 Å². The Morgan fingerprint density at radius 1 is 0.971 bits per heavy atom. The lowest BCUT2D eigenvalue weighted by atomic mass is 10.2. The summed E-state index contributed by atoms with van der Waals surface area (Å²) in [7, 11) is -2.36. The second-order valence-electron chi connectivity index (χ2n) is 7.69. The van der Waals surface area contributed by atoms with E-state index < -0.39 is 15.9 Å². The maximum atomic E-state index is 13.3. The van der Waals surface area contributed by atoms with Crippen molar-refractivity contribution in [1.82, 2.24) is 4.31 Å². The van der Waals surface area contributed by atoms with Crippen molar-refractivity contribution in [2.75, 3.05) is 43.5 Å². The highest BCUT2D eigenvalue weighted by Gasteiger charge is 2.29. The summed E-state index contributed by atoms with van der Waals surface area (Å²) in [6.07, 6.45) is 0. The molecule has 1 aliphatic rings. The zero-order valence-corrected chi connectivity index (χ0v) is 19.9. The topological polar surface area (TPSA) is 79.0 Å². The number of carbonyl (C=O) groups excluding carboxylic acids is 1. The first kappa shape index (κ1) is 24.0. The fourth-order valence-electron chi connectivity index (χ4n) is 3.73. The second kappa shape index (κ2) is 10.0. The van der Waals surface area contributed by atoms with Crippen molar-refractivity contribution in [1.29, 1.82) is 0 Å². The number of anilines is 2. The van der Waals surface area contributed by atoms with Crippen molar-refractivity contribution in [2.24, 2.45) is 0 Å². The van der Waals surface area contributed by atoms with Gasteiger partial charge in [-0.2, -0.15) is 4.31 Å². The van der Waals surface area contributed by atoms with Gasteiger partial charge in [-0.3, -0.25) is 4.79 Å². The number of rotatable bonds is 6. The van der Waals surface area contributed by atoms with Crippen LogP contribution in [0.2, 0.25) is 5.02 Å². The molecule has 178 valence electrons. The molecule has 1 amide bonds. The maximum absolute atomic E-state index is 13.3. The number of nitrogens with zero attached hydrogens (tertiary/aromatic N) is 2. The predicted molar refractivity (Wildman–Crippen MR) is 130 cm³/mol. The lowest BCUT2D eigenvalue weighted by molar-refractivity contribution is 0.102. The number of hydrogen-bond acceptors (Lipinski definition) is 5. The van der Waals surface area contributed by atoms with Gasteiger partial charge >= 0.3 is 0 Å². The number of benzene rings is 3. The van der Waals surface area contributed by atoms with E-state index >= 15 is 0 Å². The van der Waals surface area contributed by atoms with Crippen molar-refractivity contribution < 1.29 is 22.3 Å². The van der Waals surface area contributed by atoms with Gasteiger partial charge in [-0.05, 0) is 66.7 Å². The van der Waals surface area contributed by atoms with Gasteiger partial charge in [0.25, 0.3) is 5.91 Å². The van der Waals surface area contributed by atoms with Crippen LogP contribution in [-0.2, 0) is 10.0 Å². The Morgan fingerprint density at radius 2 is 1.62 bits per heavy atom. The van der Waals surface area contributed by atoms with E-state index in [0.717, 1.165) is 5.69 Å². The summed E-state index contributed by atoms with van der Waals surface area (Å²) in [6.45, 7) is 1.50. The zero-order chi connectivity index (χ0) is 24.3. The molecule has 1 aliphatic heterocycles. The SMILES string of the molecule is COc1ccc(S(=O)(=O)N2CCN(c3ccc(F)cc3)CC2)cc1NC(=O)c1ccc(Cl)cc1. The van der Waals surface area contributed by atoms with Crippen molar-refractivity contribution in [2.45, 2.75) is 4.90 Å². The number of carbonyl (C=O) groups is 1. The Kier molecular flexibility index (Phi) is 7.06. The third kappa shape index (κ3) is 5.16. The molecule has 1 saturated heterocycles. The third-order valence-electron chi connectivity index (χ3n) is 5.59. The average Bonchev–Trinajstić information content (AvgIpc) is 2.85. The van der Waals surface area contributed by atoms with Crippen LogP contribution in [0.3, 0.4) is 0 Å². The smallest absolute Gasteiger partial charge is 0.255 e. The van der Waals surface area contributed by atoms with E-state index in [9.17, 15) is 17.6 Å². The molecule has 0 spiro atoms. The van der Waals surface area contributed by atoms with Gasteiger partial charge in [0.15, 0.2) is 0 Å². The minimum absolute atomic E-state index is 0.0509. The number of piperazine rings is 1. The summed E-state index contributed by atoms with van der Waals surface area (Å²) in [5, 5.41) is 3.22. The Balaban J connectivity index is 1.51. The number of ether oxygens (including phenoxy) is 1. The van der Waals surface area contributed by atoms with Crippen LogP contribution >= 0.6 is 11.6 Å². The first-order chi connectivity index (χ1) is 16.3. The molecule has 0 atom stereocenters. The number of hydrogen-bond donors (Lipinski definition) is 1. The van der Waals surface area contributed by atoms with Crippen LogP contribution < -0.4 is 15.0 Å². The van der Waals surface area contributed by atoms with Crippen molar-refractivity contribution in [3.8, 4) is 5.75 Å². The van der Waals surface area contributed by atoms with E-state index in [1.165, 1.54) is 41.7 Å². The first-order valence-electron chi connectivity index (χ1n) is 10.5. The Labute approximate surface area is 202 Å². The van der Waals surface area contributed by atoms with Gasteiger partial charge in [0.2, 0.25) is 10.0 Å². The van der Waals surface area contributed by atoms with Crippen LogP contribution in [0, 0.1) is 5.82 Å². The number of amides is 1. The summed E-state index contributed by atoms with van der Waals surface area (Å²) < 4.78 is 46.5. The minimum Gasteiger partial charge on any atom is -0.495 e. The van der Waals surface area contributed by atoms with Gasteiger partial charge in [-0.1, -0.05) is 11.6 Å². The van der Waals surface area contributed by atoms with Gasteiger partial charge < -0.3 is 15.0 Å². The molecule has 4 rings (SSSR count). The molecule has 0 aliphatic carbocycles. The van der Waals surface area contributed by atoms with E-state index in [1.807, 2.05) is 4.90 Å². The Hall–Kier alpha value is -3.14. The lowest BCUT2D eigenvalue weighted by Crippen LogP contribution is -2.48. The molecule has 3 aromatic rings. The molecule has 0 bridgehead atoms. The summed E-state index contributed by atoms with van der Waals surface area (Å²) in [5.41, 5.74) is 1.46. The molecular weight excluding hydrogens is 481 g/mol. The lowest BCUT2D eigenvalue weighted by Gasteiger charge is -2.35. The molecule has 1 fully saturated rings. The third-order valence-corrected chi connectivity index (χ3v) is 7.74. The van der Waals surface area contributed by atoms with Gasteiger partial charge in [-0.25, -0.2) is 12.8 Å². The zero-order valence-electron chi connectivity index (χ0n) is 18.4. The van der Waals surface area contributed by atoms with Crippen LogP contribution in [0.5, 0.6) is 5.75 Å². The van der Waals surface area contributed by atoms with Crippen LogP contribution in [0.15, 0.2) is 71.6 Å². The number of halogens is 2. The molecule has 0 unspecified atom stereocenters. The minimum atomic E-state index is -3.81. The fraction of sp³-hybridized carbons (Fsp3) is 0.208. The second-order valence-corrected chi connectivity index (χ2v) is 10.1. The highest BCUT2D eigenvalue weighted by molar-refractivity contribution is 7.89. The molecule has 0 saturated carbocycles. The average molecular weight is 504 g/mol. The fourth-order valence-corrected chi connectivity index (χ4v) is 5.30. The Bertz CT molecular complexity index is 1280. The summed E-state index contributed by atoms with van der Waals surface area (Å²) in [6, 6.07) is 16.8. The largest absolute Gasteiger partial charge is 0.495 e. The van der Waals surface area contributed by atoms with Gasteiger partial charge in [0.1, 0.15) is 11.6 Å². The first-order valence-corrected chi connectivity index (χ1v) is 12.4. The summed E-state index contributed by atoms with van der Waals surface area (Å²) >= 11 is 5.88. The standard InChI is InChI=1S/C24H23ClFN3O4S/c1-33-23-11-10-21(16-22(23)27-24(30)17-2-4-18(25)5-3-17)34(31,32)29-14-12-28(13-15-29)20-8-6-19(26)7-9-20/h2-11,16H,12-15H2,1H3,(H,27,30). The molecular formula is C24H23ClFN3O4S. The molecule has 0 aromatic heterocycles. The van der Waals surface area contributed by atoms with Crippen LogP contribution in [0.25, 0.3) is 0 Å². The van der Waals surface area contributed by atoms with E-state index in [-0.39, 0.29) is 29.5 Å². The monoisotopic (exact) mass is 503 g/mol. The number of nitrogens with one attached hydrogen (secondary N) is 1. The summed E-state index contributed by atoms with van der Waals surface area (Å²) in [5.74, 6) is -0.400. The van der Waals surface area contributed by atoms with E-state index in [2.05, 4.69) is 5.32 Å². The van der Waals surface area contributed by atoms with E-state index in [4.69, 9.17) is 16.3 Å². The van der Waals surface area contributed by atoms with Crippen LogP contribution in [0.1, 0.15) is 10.4 Å². The Morgan fingerprint density at radius 3 is 2.24 bits per heavy atom. The van der Waals surface area contributed by atoms with Gasteiger partial charge in [-0.15, -0.1) is 0 Å². The van der Waals surface area contributed by atoms with Crippen LogP contribution in [-0.4, -0.2) is 51.9 Å². The van der Waals surface area contributed by atoms with Crippen molar-refractivity contribution >= 4 is 38.9 Å². The van der Waals surface area contributed by atoms with E-state index in [0.29, 0.717) is 29.4 Å². The predicted octanol–water partition coefficient (Wildman–Crippen LogP) is 4.25. The number of sulfonamides is 1. The molecule has 10 heteroatoms. The van der Waals surface area contributed by atoms with Gasteiger partial charge in [0.05, 0.1) is 17.7 Å². The molecule has 7 nitrogen and oxygen atoms in total. The maximum Gasteiger partial charge on any atom is 0.255 e. The van der Waals surface area contributed by atoms with Crippen molar-refractivity contribution in [3.63, 3.8) is 0 Å². The highest BCUT2D eigenvalue weighted by atomic mass is 35.5. The van der Waals surface area contributed by atoms with E-state index in [1.54, 1.807) is 36.4 Å². The molecule has 1 N–H and O–H groups in total. The molecule has 1 heterocycles. The quantitative estimate of drug-likeness (QED) is 0.544. The van der Waals surface area contributed by atoms with Crippen molar-refractivity contribution in [3.05, 3.63) is 83.1 Å². The normalized spacial score (nSPS) is 14.6.